The highest BCUT2D eigenvalue weighted by molar-refractivity contribution is 7.13. The molecule has 6 heteroatoms. The van der Waals surface area contributed by atoms with Crippen LogP contribution in [0.15, 0.2) is 35.9 Å². The number of thiazole rings is 1. The van der Waals surface area contributed by atoms with Gasteiger partial charge >= 0.3 is 0 Å². The number of carbonyl (C=O) groups is 1. The minimum atomic E-state index is -0.221. The Morgan fingerprint density at radius 1 is 1.27 bits per heavy atom. The lowest BCUT2D eigenvalue weighted by molar-refractivity contribution is -0.111. The standard InChI is InChI=1S/C16H18N2O3S/c1-3-20-13-7-5-12(11-14(13)21-4-2)6-8-15(19)18-16-17-9-10-22-16/h5-11H,3-4H2,1-2H3,(H,17,18,19). The Morgan fingerprint density at radius 2 is 2.05 bits per heavy atom. The number of carbonyl (C=O) groups excluding carboxylic acids is 1. The highest BCUT2D eigenvalue weighted by Crippen LogP contribution is 2.29. The molecule has 0 unspecified atom stereocenters. The van der Waals surface area contributed by atoms with E-state index in [0.717, 1.165) is 5.56 Å². The van der Waals surface area contributed by atoms with Crippen LogP contribution in [-0.2, 0) is 4.79 Å². The Bertz CT molecular complexity index is 639. The molecule has 0 spiro atoms. The summed E-state index contributed by atoms with van der Waals surface area (Å²) in [4.78, 5) is 15.8. The van der Waals surface area contributed by atoms with Gasteiger partial charge in [-0.2, -0.15) is 0 Å². The zero-order chi connectivity index (χ0) is 15.8. The van der Waals surface area contributed by atoms with E-state index in [4.69, 9.17) is 9.47 Å². The summed E-state index contributed by atoms with van der Waals surface area (Å²) in [6, 6.07) is 5.56. The highest BCUT2D eigenvalue weighted by Gasteiger charge is 2.05. The second kappa shape index (κ2) is 8.19. The maximum atomic E-state index is 11.8. The van der Waals surface area contributed by atoms with Crippen molar-refractivity contribution in [2.45, 2.75) is 13.8 Å². The summed E-state index contributed by atoms with van der Waals surface area (Å²) in [6.07, 6.45) is 4.83. The first-order valence-electron chi connectivity index (χ1n) is 7.01. The van der Waals surface area contributed by atoms with E-state index >= 15 is 0 Å². The van der Waals surface area contributed by atoms with Crippen molar-refractivity contribution < 1.29 is 14.3 Å². The van der Waals surface area contributed by atoms with Crippen LogP contribution in [0.1, 0.15) is 19.4 Å². The number of amides is 1. The Kier molecular flexibility index (Phi) is 5.97. The number of hydrogen-bond donors (Lipinski definition) is 1. The molecule has 0 aliphatic rings. The lowest BCUT2D eigenvalue weighted by Gasteiger charge is -2.11. The van der Waals surface area contributed by atoms with Crippen molar-refractivity contribution in [2.24, 2.45) is 0 Å². The number of hydrogen-bond acceptors (Lipinski definition) is 5. The van der Waals surface area contributed by atoms with Gasteiger partial charge < -0.3 is 9.47 Å². The molecule has 0 saturated heterocycles. The van der Waals surface area contributed by atoms with Crippen LogP contribution in [0.5, 0.6) is 11.5 Å². The van der Waals surface area contributed by atoms with Gasteiger partial charge in [0.1, 0.15) is 0 Å². The molecule has 1 amide bonds. The minimum Gasteiger partial charge on any atom is -0.490 e. The van der Waals surface area contributed by atoms with Crippen LogP contribution < -0.4 is 14.8 Å². The van der Waals surface area contributed by atoms with Crippen molar-refractivity contribution in [3.05, 3.63) is 41.4 Å². The number of aromatic nitrogens is 1. The van der Waals surface area contributed by atoms with E-state index in [0.29, 0.717) is 29.8 Å². The van der Waals surface area contributed by atoms with Crippen LogP contribution in [0.4, 0.5) is 5.13 Å². The zero-order valence-corrected chi connectivity index (χ0v) is 13.4. The Hall–Kier alpha value is -2.34. The van der Waals surface area contributed by atoms with E-state index in [1.165, 1.54) is 17.4 Å². The van der Waals surface area contributed by atoms with Gasteiger partial charge in [-0.15, -0.1) is 11.3 Å². The molecule has 0 radical (unpaired) electrons. The second-order valence-corrected chi connectivity index (χ2v) is 5.13. The molecule has 2 aromatic rings. The predicted molar refractivity (Wildman–Crippen MR) is 88.6 cm³/mol. The van der Waals surface area contributed by atoms with Crippen molar-refractivity contribution in [1.82, 2.24) is 4.98 Å². The summed E-state index contributed by atoms with van der Waals surface area (Å²) in [5, 5.41) is 5.07. The summed E-state index contributed by atoms with van der Waals surface area (Å²) in [6.45, 7) is 4.97. The first kappa shape index (κ1) is 16.0. The summed E-state index contributed by atoms with van der Waals surface area (Å²) in [7, 11) is 0. The third-order valence-electron chi connectivity index (χ3n) is 2.66. The maximum absolute atomic E-state index is 11.8. The molecule has 1 N–H and O–H groups in total. The topological polar surface area (TPSA) is 60.5 Å². The van der Waals surface area contributed by atoms with Gasteiger partial charge in [-0.25, -0.2) is 4.98 Å². The van der Waals surface area contributed by atoms with Gasteiger partial charge in [0.2, 0.25) is 5.91 Å². The van der Waals surface area contributed by atoms with Crippen LogP contribution in [0.3, 0.4) is 0 Å². The summed E-state index contributed by atoms with van der Waals surface area (Å²) in [5.74, 6) is 1.15. The number of anilines is 1. The monoisotopic (exact) mass is 318 g/mol. The van der Waals surface area contributed by atoms with Gasteiger partial charge in [0.25, 0.3) is 0 Å². The summed E-state index contributed by atoms with van der Waals surface area (Å²) in [5.41, 5.74) is 0.862. The quantitative estimate of drug-likeness (QED) is 0.793. The second-order valence-electron chi connectivity index (χ2n) is 4.23. The molecule has 22 heavy (non-hydrogen) atoms. The predicted octanol–water partition coefficient (Wildman–Crippen LogP) is 3.59. The van der Waals surface area contributed by atoms with Gasteiger partial charge in [0.05, 0.1) is 13.2 Å². The summed E-state index contributed by atoms with van der Waals surface area (Å²) >= 11 is 1.38. The fourth-order valence-corrected chi connectivity index (χ4v) is 2.31. The number of ether oxygens (including phenoxy) is 2. The fraction of sp³-hybridized carbons (Fsp3) is 0.250. The van der Waals surface area contributed by atoms with E-state index in [-0.39, 0.29) is 5.91 Å². The minimum absolute atomic E-state index is 0.221. The van der Waals surface area contributed by atoms with Crippen molar-refractivity contribution in [2.75, 3.05) is 18.5 Å². The number of benzene rings is 1. The van der Waals surface area contributed by atoms with E-state index in [1.807, 2.05) is 32.0 Å². The zero-order valence-electron chi connectivity index (χ0n) is 12.5. The molecular formula is C16H18N2O3S. The molecule has 0 atom stereocenters. The Morgan fingerprint density at radius 3 is 2.73 bits per heavy atom. The molecule has 0 aliphatic heterocycles. The fourth-order valence-electron chi connectivity index (χ4n) is 1.78. The normalized spacial score (nSPS) is 10.6. The average Bonchev–Trinajstić information content (AvgIpc) is 3.01. The molecule has 1 aromatic heterocycles. The highest BCUT2D eigenvalue weighted by atomic mass is 32.1. The van der Waals surface area contributed by atoms with Gasteiger partial charge in [-0.1, -0.05) is 6.07 Å². The van der Waals surface area contributed by atoms with Gasteiger partial charge in [0, 0.05) is 17.7 Å². The first-order chi connectivity index (χ1) is 10.7. The molecule has 1 heterocycles. The third kappa shape index (κ3) is 4.60. The SMILES string of the molecule is CCOc1ccc(C=CC(=O)Nc2nccs2)cc1OCC. The molecule has 0 fully saturated rings. The van der Waals surface area contributed by atoms with Crippen molar-refractivity contribution in [3.63, 3.8) is 0 Å². The van der Waals surface area contributed by atoms with E-state index in [1.54, 1.807) is 17.7 Å². The van der Waals surface area contributed by atoms with Crippen LogP contribution in [0.25, 0.3) is 6.08 Å². The molecule has 0 bridgehead atoms. The molecule has 5 nitrogen and oxygen atoms in total. The van der Waals surface area contributed by atoms with Crippen LogP contribution in [-0.4, -0.2) is 24.1 Å². The van der Waals surface area contributed by atoms with Gasteiger partial charge in [-0.05, 0) is 37.6 Å². The number of nitrogens with one attached hydrogen (secondary N) is 1. The molecule has 0 aliphatic carbocycles. The van der Waals surface area contributed by atoms with Crippen LogP contribution in [0, 0.1) is 0 Å². The molecule has 116 valence electrons. The van der Waals surface area contributed by atoms with E-state index in [9.17, 15) is 4.79 Å². The van der Waals surface area contributed by atoms with Crippen molar-refractivity contribution >= 4 is 28.5 Å². The number of rotatable bonds is 7. The average molecular weight is 318 g/mol. The van der Waals surface area contributed by atoms with Crippen LogP contribution >= 0.6 is 11.3 Å². The van der Waals surface area contributed by atoms with Crippen molar-refractivity contribution in [3.8, 4) is 11.5 Å². The maximum Gasteiger partial charge on any atom is 0.250 e. The summed E-state index contributed by atoms with van der Waals surface area (Å²) < 4.78 is 11.1. The van der Waals surface area contributed by atoms with Crippen LogP contribution in [0.2, 0.25) is 0 Å². The first-order valence-corrected chi connectivity index (χ1v) is 7.89. The molecule has 1 aromatic carbocycles. The smallest absolute Gasteiger partial charge is 0.250 e. The lowest BCUT2D eigenvalue weighted by atomic mass is 10.2. The number of nitrogens with zero attached hydrogens (tertiary/aromatic N) is 1. The Balaban J connectivity index is 2.06. The van der Waals surface area contributed by atoms with Crippen molar-refractivity contribution in [1.29, 1.82) is 0 Å². The van der Waals surface area contributed by atoms with Gasteiger partial charge in [-0.3, -0.25) is 10.1 Å². The molecule has 2 rings (SSSR count). The molecule has 0 saturated carbocycles. The largest absolute Gasteiger partial charge is 0.490 e. The van der Waals surface area contributed by atoms with Gasteiger partial charge in [0.15, 0.2) is 16.6 Å². The molecular weight excluding hydrogens is 300 g/mol. The van der Waals surface area contributed by atoms with E-state index < -0.39 is 0 Å². The lowest BCUT2D eigenvalue weighted by Crippen LogP contribution is -2.07. The van der Waals surface area contributed by atoms with E-state index in [2.05, 4.69) is 10.3 Å². The third-order valence-corrected chi connectivity index (χ3v) is 3.35. The Labute approximate surface area is 133 Å².